The van der Waals surface area contributed by atoms with Gasteiger partial charge in [0.25, 0.3) is 5.56 Å². The Morgan fingerprint density at radius 1 is 1.19 bits per heavy atom. The van der Waals surface area contributed by atoms with E-state index in [4.69, 9.17) is 4.98 Å². The number of H-pyrrole nitrogens is 1. The van der Waals surface area contributed by atoms with Crippen LogP contribution in [0.2, 0.25) is 0 Å². The maximum absolute atomic E-state index is 13.3. The number of nitrogens with one attached hydrogen (secondary N) is 1. The number of aryl methyl sites for hydroxylation is 3. The minimum Gasteiger partial charge on any atom is -0.361 e. The van der Waals surface area contributed by atoms with Crippen LogP contribution in [0.5, 0.6) is 0 Å². The van der Waals surface area contributed by atoms with E-state index in [2.05, 4.69) is 4.98 Å². The molecule has 0 atom stereocenters. The van der Waals surface area contributed by atoms with Crippen LogP contribution in [0.15, 0.2) is 35.3 Å². The number of hydrogen-bond acceptors (Lipinski definition) is 4. The van der Waals surface area contributed by atoms with E-state index in [0.29, 0.717) is 19.5 Å². The highest BCUT2D eigenvalue weighted by Gasteiger charge is 2.27. The monoisotopic (exact) mass is 434 g/mol. The molecule has 1 aliphatic heterocycles. The molecule has 5 rings (SSSR count). The van der Waals surface area contributed by atoms with Gasteiger partial charge in [-0.25, -0.2) is 4.98 Å². The van der Waals surface area contributed by atoms with E-state index in [-0.39, 0.29) is 17.5 Å². The van der Waals surface area contributed by atoms with E-state index < -0.39 is 0 Å². The van der Waals surface area contributed by atoms with E-state index in [0.717, 1.165) is 55.8 Å². The fourth-order valence-electron chi connectivity index (χ4n) is 4.76. The summed E-state index contributed by atoms with van der Waals surface area (Å²) in [5.41, 5.74) is 3.19. The normalized spacial score (nSPS) is 15.3. The second kappa shape index (κ2) is 7.64. The van der Waals surface area contributed by atoms with Crippen molar-refractivity contribution in [3.05, 3.63) is 62.6 Å². The van der Waals surface area contributed by atoms with Gasteiger partial charge >= 0.3 is 0 Å². The number of benzene rings is 1. The molecule has 4 heterocycles. The van der Waals surface area contributed by atoms with Gasteiger partial charge < -0.3 is 9.88 Å². The zero-order valence-corrected chi connectivity index (χ0v) is 18.9. The number of likely N-dealkylation sites (tertiary alicyclic amines) is 1. The Morgan fingerprint density at radius 3 is 2.71 bits per heavy atom. The second-order valence-corrected chi connectivity index (χ2v) is 9.65. The first-order valence-electron chi connectivity index (χ1n) is 10.8. The van der Waals surface area contributed by atoms with Gasteiger partial charge in [0.1, 0.15) is 10.7 Å². The summed E-state index contributed by atoms with van der Waals surface area (Å²) in [5, 5.41) is 1.86. The molecule has 1 aliphatic rings. The molecule has 0 unspecified atom stereocenters. The highest BCUT2D eigenvalue weighted by Crippen LogP contribution is 2.29. The predicted molar refractivity (Wildman–Crippen MR) is 125 cm³/mol. The summed E-state index contributed by atoms with van der Waals surface area (Å²) in [4.78, 5) is 38.1. The van der Waals surface area contributed by atoms with Gasteiger partial charge in [0.05, 0.1) is 11.8 Å². The lowest BCUT2D eigenvalue weighted by Gasteiger charge is -2.33. The largest absolute Gasteiger partial charge is 0.361 e. The number of piperidine rings is 1. The van der Waals surface area contributed by atoms with Crippen molar-refractivity contribution >= 4 is 38.4 Å². The van der Waals surface area contributed by atoms with Crippen LogP contribution < -0.4 is 5.56 Å². The number of nitrogens with zero attached hydrogens (tertiary/aromatic N) is 3. The third kappa shape index (κ3) is 3.37. The van der Waals surface area contributed by atoms with E-state index in [1.807, 2.05) is 60.7 Å². The molecule has 1 N–H and O–H groups in total. The lowest BCUT2D eigenvalue weighted by atomic mass is 10.0. The molecule has 31 heavy (non-hydrogen) atoms. The first-order valence-corrected chi connectivity index (χ1v) is 11.6. The Labute approximate surface area is 184 Å². The quantitative estimate of drug-likeness (QED) is 0.523. The molecular weight excluding hydrogens is 408 g/mol. The Balaban J connectivity index is 1.33. The number of carbonyl (C=O) groups excluding carboxylic acids is 1. The van der Waals surface area contributed by atoms with Crippen LogP contribution >= 0.6 is 11.3 Å². The van der Waals surface area contributed by atoms with Crippen molar-refractivity contribution in [2.75, 3.05) is 13.1 Å². The van der Waals surface area contributed by atoms with Gasteiger partial charge in [-0.2, -0.15) is 0 Å². The molecule has 160 valence electrons. The summed E-state index contributed by atoms with van der Waals surface area (Å²) in [6.45, 7) is 7.29. The van der Waals surface area contributed by atoms with Crippen LogP contribution in [0.4, 0.5) is 0 Å². The van der Waals surface area contributed by atoms with Gasteiger partial charge in [0, 0.05) is 41.1 Å². The van der Waals surface area contributed by atoms with Crippen molar-refractivity contribution in [3.8, 4) is 0 Å². The topological polar surface area (TPSA) is 71.0 Å². The molecule has 3 aromatic heterocycles. The first kappa shape index (κ1) is 20.0. The van der Waals surface area contributed by atoms with Gasteiger partial charge in [0.15, 0.2) is 0 Å². The molecule has 0 saturated carbocycles. The molecule has 1 fully saturated rings. The minimum atomic E-state index is 0.0629. The molecule has 1 saturated heterocycles. The highest BCUT2D eigenvalue weighted by atomic mass is 32.1. The minimum absolute atomic E-state index is 0.0629. The van der Waals surface area contributed by atoms with Crippen LogP contribution in [-0.2, 0) is 11.2 Å². The van der Waals surface area contributed by atoms with Crippen LogP contribution in [0.3, 0.4) is 0 Å². The van der Waals surface area contributed by atoms with Crippen LogP contribution in [-0.4, -0.2) is 38.4 Å². The predicted octanol–water partition coefficient (Wildman–Crippen LogP) is 4.27. The summed E-state index contributed by atoms with van der Waals surface area (Å²) in [5.74, 6) is 0.910. The summed E-state index contributed by atoms with van der Waals surface area (Å²) in [6, 6.07) is 8.14. The number of fused-ring (bicyclic) bond motifs is 2. The van der Waals surface area contributed by atoms with Gasteiger partial charge in [-0.15, -0.1) is 11.3 Å². The number of para-hydroxylation sites is 1. The summed E-state index contributed by atoms with van der Waals surface area (Å²) in [6.07, 6.45) is 3.88. The van der Waals surface area contributed by atoms with E-state index >= 15 is 0 Å². The molecular formula is C24H26N4O2S. The Bertz CT molecular complexity index is 1360. The number of amides is 1. The Morgan fingerprint density at radius 2 is 1.94 bits per heavy atom. The lowest BCUT2D eigenvalue weighted by Crippen LogP contribution is -2.42. The summed E-state index contributed by atoms with van der Waals surface area (Å²) >= 11 is 1.59. The number of thiophene rings is 1. The van der Waals surface area contributed by atoms with Crippen LogP contribution in [0.1, 0.15) is 40.7 Å². The average Bonchev–Trinajstić information content (AvgIpc) is 3.29. The molecule has 0 spiro atoms. The van der Waals surface area contributed by atoms with Crippen molar-refractivity contribution in [1.29, 1.82) is 0 Å². The highest BCUT2D eigenvalue weighted by molar-refractivity contribution is 7.18. The number of hydrogen-bond donors (Lipinski definition) is 1. The van der Waals surface area contributed by atoms with E-state index in [9.17, 15) is 9.59 Å². The lowest BCUT2D eigenvalue weighted by molar-refractivity contribution is -0.131. The van der Waals surface area contributed by atoms with Crippen molar-refractivity contribution in [2.24, 2.45) is 0 Å². The average molecular weight is 435 g/mol. The van der Waals surface area contributed by atoms with Gasteiger partial charge in [-0.05, 0) is 50.8 Å². The summed E-state index contributed by atoms with van der Waals surface area (Å²) < 4.78 is 1.86. The number of aromatic amines is 1. The third-order valence-electron chi connectivity index (χ3n) is 6.61. The first-order chi connectivity index (χ1) is 14.9. The van der Waals surface area contributed by atoms with Crippen molar-refractivity contribution in [2.45, 2.75) is 46.1 Å². The SMILES string of the molecule is Cc1sc2nc(C)n(C3CCN(C(=O)Cc4c[nH]c5ccccc45)CC3)c(=O)c2c1C. The fourth-order valence-corrected chi connectivity index (χ4v) is 5.83. The van der Waals surface area contributed by atoms with E-state index in [1.54, 1.807) is 11.3 Å². The van der Waals surface area contributed by atoms with Crippen LogP contribution in [0, 0.1) is 20.8 Å². The molecule has 1 amide bonds. The van der Waals surface area contributed by atoms with Gasteiger partial charge in [0.2, 0.25) is 5.91 Å². The van der Waals surface area contributed by atoms with Gasteiger partial charge in [-0.3, -0.25) is 14.2 Å². The molecule has 7 heteroatoms. The van der Waals surface area contributed by atoms with Gasteiger partial charge in [-0.1, -0.05) is 18.2 Å². The standard InChI is InChI=1S/C24H26N4O2S/c1-14-15(2)31-23-22(14)24(30)28(16(3)26-23)18-8-10-27(11-9-18)21(29)12-17-13-25-20-7-5-4-6-19(17)20/h4-7,13,18,25H,8-12H2,1-3H3. The smallest absolute Gasteiger partial charge is 0.262 e. The zero-order chi connectivity index (χ0) is 21.7. The molecule has 1 aromatic carbocycles. The number of rotatable bonds is 3. The third-order valence-corrected chi connectivity index (χ3v) is 7.71. The zero-order valence-electron chi connectivity index (χ0n) is 18.1. The Kier molecular flexibility index (Phi) is 4.93. The summed E-state index contributed by atoms with van der Waals surface area (Å²) in [7, 11) is 0. The van der Waals surface area contributed by atoms with Crippen molar-refractivity contribution < 1.29 is 4.79 Å². The molecule has 0 bridgehead atoms. The van der Waals surface area contributed by atoms with Crippen molar-refractivity contribution in [1.82, 2.24) is 19.4 Å². The molecule has 6 nitrogen and oxygen atoms in total. The number of aromatic nitrogens is 3. The molecule has 0 radical (unpaired) electrons. The maximum atomic E-state index is 13.3. The Hall–Kier alpha value is -2.93. The molecule has 4 aromatic rings. The van der Waals surface area contributed by atoms with Crippen LogP contribution in [0.25, 0.3) is 21.1 Å². The fraction of sp³-hybridized carbons (Fsp3) is 0.375. The molecule has 0 aliphatic carbocycles. The second-order valence-electron chi connectivity index (χ2n) is 8.45. The van der Waals surface area contributed by atoms with Crippen molar-refractivity contribution in [3.63, 3.8) is 0 Å². The maximum Gasteiger partial charge on any atom is 0.262 e. The van der Waals surface area contributed by atoms with E-state index in [1.165, 1.54) is 0 Å². The number of carbonyl (C=O) groups is 1.